The zero-order chi connectivity index (χ0) is 9.24. The quantitative estimate of drug-likeness (QED) is 0.646. The number of aliphatic hydroxyl groups is 1. The highest BCUT2D eigenvalue weighted by atomic mass is 16.5. The van der Waals surface area contributed by atoms with E-state index in [0.29, 0.717) is 0 Å². The topological polar surface area (TPSA) is 41.5 Å². The molecule has 0 aromatic carbocycles. The monoisotopic (exact) mass is 173 g/mol. The van der Waals surface area contributed by atoms with Gasteiger partial charge in [0, 0.05) is 26.8 Å². The maximum absolute atomic E-state index is 9.10. The van der Waals surface area contributed by atoms with Gasteiger partial charge in [-0.1, -0.05) is 13.8 Å². The van der Waals surface area contributed by atoms with Gasteiger partial charge in [0.1, 0.15) is 0 Å². The lowest BCUT2D eigenvalue weighted by Gasteiger charge is -2.45. The fraction of sp³-hybridized carbons (Fsp3) is 1.00. The smallest absolute Gasteiger partial charge is 0.0931 e. The van der Waals surface area contributed by atoms with Crippen molar-refractivity contribution < 1.29 is 9.84 Å². The van der Waals surface area contributed by atoms with Crippen LogP contribution in [0.5, 0.6) is 0 Å². The Balaban J connectivity index is 2.47. The van der Waals surface area contributed by atoms with E-state index in [1.807, 2.05) is 0 Å². The molecule has 3 heteroatoms. The Labute approximate surface area is 74.1 Å². The Hall–Kier alpha value is -0.120. The molecule has 1 fully saturated rings. The minimum absolute atomic E-state index is 0.0216. The molecule has 1 rings (SSSR count). The largest absolute Gasteiger partial charge is 0.396 e. The molecule has 1 saturated heterocycles. The summed E-state index contributed by atoms with van der Waals surface area (Å²) in [4.78, 5) is 0. The number of ether oxygens (including phenoxy) is 1. The van der Waals surface area contributed by atoms with Crippen molar-refractivity contribution in [1.29, 1.82) is 0 Å². The van der Waals surface area contributed by atoms with Gasteiger partial charge in [0.2, 0.25) is 0 Å². The van der Waals surface area contributed by atoms with E-state index in [9.17, 15) is 0 Å². The second-order valence-corrected chi connectivity index (χ2v) is 4.49. The van der Waals surface area contributed by atoms with Crippen LogP contribution in [0.1, 0.15) is 20.3 Å². The van der Waals surface area contributed by atoms with E-state index in [0.717, 1.165) is 19.5 Å². The molecule has 12 heavy (non-hydrogen) atoms. The molecule has 0 bridgehead atoms. The lowest BCUT2D eigenvalue weighted by molar-refractivity contribution is -0.0857. The second-order valence-electron chi connectivity index (χ2n) is 4.49. The summed E-state index contributed by atoms with van der Waals surface area (Å²) in [5.74, 6) is 0. The van der Waals surface area contributed by atoms with Crippen LogP contribution in [0.4, 0.5) is 0 Å². The molecule has 0 spiro atoms. The van der Waals surface area contributed by atoms with Crippen LogP contribution in [0.3, 0.4) is 0 Å². The summed E-state index contributed by atoms with van der Waals surface area (Å²) in [6.07, 6.45) is 0.917. The number of methoxy groups -OCH3 is 1. The van der Waals surface area contributed by atoms with Crippen molar-refractivity contribution in [2.45, 2.75) is 25.9 Å². The molecule has 1 aliphatic rings. The van der Waals surface area contributed by atoms with Gasteiger partial charge >= 0.3 is 0 Å². The lowest BCUT2D eigenvalue weighted by Crippen LogP contribution is -2.62. The van der Waals surface area contributed by atoms with Crippen LogP contribution in [0.2, 0.25) is 0 Å². The molecule has 0 aromatic rings. The SMILES string of the molecule is COC1(CC(C)(C)CO)CNC1. The zero-order valence-electron chi connectivity index (χ0n) is 8.18. The molecule has 2 N–H and O–H groups in total. The van der Waals surface area contributed by atoms with E-state index in [1.54, 1.807) is 7.11 Å². The summed E-state index contributed by atoms with van der Waals surface area (Å²) >= 11 is 0. The molecule has 0 aliphatic carbocycles. The molecule has 0 atom stereocenters. The first-order chi connectivity index (χ1) is 5.54. The number of hydrogen-bond donors (Lipinski definition) is 2. The van der Waals surface area contributed by atoms with Crippen molar-refractivity contribution in [3.8, 4) is 0 Å². The number of rotatable bonds is 4. The van der Waals surface area contributed by atoms with Crippen molar-refractivity contribution >= 4 is 0 Å². The fourth-order valence-electron chi connectivity index (χ4n) is 1.67. The third-order valence-corrected chi connectivity index (χ3v) is 2.56. The summed E-state index contributed by atoms with van der Waals surface area (Å²) < 4.78 is 5.44. The Bertz CT molecular complexity index is 147. The third kappa shape index (κ3) is 1.97. The molecular weight excluding hydrogens is 154 g/mol. The first-order valence-electron chi connectivity index (χ1n) is 4.40. The second kappa shape index (κ2) is 3.32. The van der Waals surface area contributed by atoms with Gasteiger partial charge in [-0.25, -0.2) is 0 Å². The molecule has 1 aliphatic heterocycles. The molecule has 0 radical (unpaired) electrons. The standard InChI is InChI=1S/C9H19NO2/c1-8(2,7-11)4-9(12-3)5-10-6-9/h10-11H,4-7H2,1-3H3. The van der Waals surface area contributed by atoms with E-state index in [2.05, 4.69) is 19.2 Å². The zero-order valence-corrected chi connectivity index (χ0v) is 8.18. The number of nitrogens with one attached hydrogen (secondary N) is 1. The van der Waals surface area contributed by atoms with Gasteiger partial charge in [-0.3, -0.25) is 0 Å². The van der Waals surface area contributed by atoms with Crippen LogP contribution in [0, 0.1) is 5.41 Å². The van der Waals surface area contributed by atoms with E-state index in [-0.39, 0.29) is 17.6 Å². The predicted molar refractivity (Wildman–Crippen MR) is 48.1 cm³/mol. The van der Waals surface area contributed by atoms with Gasteiger partial charge in [0.15, 0.2) is 0 Å². The van der Waals surface area contributed by atoms with Crippen LogP contribution < -0.4 is 5.32 Å². The molecule has 72 valence electrons. The maximum Gasteiger partial charge on any atom is 0.0931 e. The summed E-state index contributed by atoms with van der Waals surface area (Å²) in [5.41, 5.74) is -0.0513. The average Bonchev–Trinajstić information content (AvgIpc) is 1.97. The molecule has 1 heterocycles. The normalized spacial score (nSPS) is 22.0. The molecule has 0 saturated carbocycles. The van der Waals surface area contributed by atoms with Crippen LogP contribution in [0.25, 0.3) is 0 Å². The highest BCUT2D eigenvalue weighted by Crippen LogP contribution is 2.32. The first-order valence-corrected chi connectivity index (χ1v) is 4.40. The maximum atomic E-state index is 9.10. The van der Waals surface area contributed by atoms with Gasteiger partial charge in [0.05, 0.1) is 5.60 Å². The number of aliphatic hydroxyl groups excluding tert-OH is 1. The molecule has 0 unspecified atom stereocenters. The Kier molecular flexibility index (Phi) is 2.76. The van der Waals surface area contributed by atoms with E-state index in [4.69, 9.17) is 9.84 Å². The van der Waals surface area contributed by atoms with Gasteiger partial charge in [0.25, 0.3) is 0 Å². The van der Waals surface area contributed by atoms with E-state index >= 15 is 0 Å². The minimum atomic E-state index is -0.0297. The van der Waals surface area contributed by atoms with Crippen molar-refractivity contribution in [1.82, 2.24) is 5.32 Å². The van der Waals surface area contributed by atoms with Gasteiger partial charge in [-0.2, -0.15) is 0 Å². The van der Waals surface area contributed by atoms with Crippen molar-refractivity contribution in [2.75, 3.05) is 26.8 Å². The van der Waals surface area contributed by atoms with Crippen LogP contribution >= 0.6 is 0 Å². The Morgan fingerprint density at radius 3 is 2.33 bits per heavy atom. The summed E-state index contributed by atoms with van der Waals surface area (Å²) in [6.45, 7) is 6.16. The Morgan fingerprint density at radius 2 is 2.08 bits per heavy atom. The molecular formula is C9H19NO2. The van der Waals surface area contributed by atoms with Crippen LogP contribution in [0.15, 0.2) is 0 Å². The molecule has 3 nitrogen and oxygen atoms in total. The predicted octanol–water partition coefficient (Wildman–Crippen LogP) is 0.383. The Morgan fingerprint density at radius 1 is 1.50 bits per heavy atom. The van der Waals surface area contributed by atoms with Crippen molar-refractivity contribution in [2.24, 2.45) is 5.41 Å². The lowest BCUT2D eigenvalue weighted by atomic mass is 9.78. The summed E-state index contributed by atoms with van der Waals surface area (Å²) in [5, 5.41) is 12.3. The van der Waals surface area contributed by atoms with Crippen LogP contribution in [-0.2, 0) is 4.74 Å². The summed E-state index contributed by atoms with van der Waals surface area (Å²) in [7, 11) is 1.74. The van der Waals surface area contributed by atoms with E-state index < -0.39 is 0 Å². The van der Waals surface area contributed by atoms with Gasteiger partial charge in [-0.05, 0) is 11.8 Å². The van der Waals surface area contributed by atoms with Gasteiger partial charge < -0.3 is 15.2 Å². The highest BCUT2D eigenvalue weighted by molar-refractivity contribution is 4.97. The van der Waals surface area contributed by atoms with Crippen molar-refractivity contribution in [3.63, 3.8) is 0 Å². The van der Waals surface area contributed by atoms with Gasteiger partial charge in [-0.15, -0.1) is 0 Å². The fourth-order valence-corrected chi connectivity index (χ4v) is 1.67. The van der Waals surface area contributed by atoms with Crippen LogP contribution in [-0.4, -0.2) is 37.5 Å². The van der Waals surface area contributed by atoms with Crippen molar-refractivity contribution in [3.05, 3.63) is 0 Å². The summed E-state index contributed by atoms with van der Waals surface area (Å²) in [6, 6.07) is 0. The average molecular weight is 173 g/mol. The number of hydrogen-bond acceptors (Lipinski definition) is 3. The molecule has 0 aromatic heterocycles. The highest BCUT2D eigenvalue weighted by Gasteiger charge is 2.41. The molecule has 0 amide bonds. The first kappa shape index (κ1) is 9.96. The third-order valence-electron chi connectivity index (χ3n) is 2.56. The minimum Gasteiger partial charge on any atom is -0.396 e. The van der Waals surface area contributed by atoms with E-state index in [1.165, 1.54) is 0 Å².